The molecule has 8 nitrogen and oxygen atoms in total. The van der Waals surface area contributed by atoms with E-state index in [9.17, 15) is 14.4 Å². The van der Waals surface area contributed by atoms with Crippen LogP contribution in [-0.2, 0) is 16.6 Å². The Morgan fingerprint density at radius 3 is 2.90 bits per heavy atom. The van der Waals surface area contributed by atoms with Crippen molar-refractivity contribution in [3.63, 3.8) is 0 Å². The minimum absolute atomic E-state index is 0.115. The third-order valence-electron chi connectivity index (χ3n) is 3.08. The fraction of sp³-hybridized carbons (Fsp3) is 0.500. The molecular formula is C12H15N3O5. The predicted molar refractivity (Wildman–Crippen MR) is 67.4 cm³/mol. The van der Waals surface area contributed by atoms with Crippen LogP contribution in [0.1, 0.15) is 16.9 Å². The number of nitrogens with zero attached hydrogens (tertiary/aromatic N) is 3. The molecule has 0 saturated carbocycles. The summed E-state index contributed by atoms with van der Waals surface area (Å²) in [6.45, 7) is 0.846. The molecule has 20 heavy (non-hydrogen) atoms. The molecular weight excluding hydrogens is 266 g/mol. The summed E-state index contributed by atoms with van der Waals surface area (Å²) < 4.78 is 6.28. The number of morpholine rings is 1. The third-order valence-corrected chi connectivity index (χ3v) is 3.08. The maximum Gasteiger partial charge on any atom is 0.305 e. The first-order chi connectivity index (χ1) is 9.49. The summed E-state index contributed by atoms with van der Waals surface area (Å²) in [6.07, 6.45) is -0.183. The first kappa shape index (κ1) is 14.2. The number of carboxylic acids is 1. The molecule has 1 unspecified atom stereocenters. The number of amides is 1. The fourth-order valence-electron chi connectivity index (χ4n) is 2.06. The minimum atomic E-state index is -0.994. The van der Waals surface area contributed by atoms with Crippen LogP contribution in [0.5, 0.6) is 0 Å². The molecule has 1 aliphatic heterocycles. The van der Waals surface area contributed by atoms with Crippen molar-refractivity contribution < 1.29 is 19.4 Å². The van der Waals surface area contributed by atoms with Crippen LogP contribution in [0, 0.1) is 0 Å². The summed E-state index contributed by atoms with van der Waals surface area (Å²) in [6, 6.07) is 2.08. The van der Waals surface area contributed by atoms with Crippen molar-refractivity contribution in [1.29, 1.82) is 0 Å². The molecule has 2 rings (SSSR count). The van der Waals surface area contributed by atoms with E-state index in [0.29, 0.717) is 13.2 Å². The van der Waals surface area contributed by atoms with Crippen LogP contribution in [0.3, 0.4) is 0 Å². The molecule has 0 spiro atoms. The van der Waals surface area contributed by atoms with Crippen molar-refractivity contribution in [1.82, 2.24) is 14.7 Å². The van der Waals surface area contributed by atoms with Gasteiger partial charge in [-0.2, -0.15) is 5.10 Å². The second-order valence-electron chi connectivity index (χ2n) is 4.51. The minimum Gasteiger partial charge on any atom is -0.481 e. The van der Waals surface area contributed by atoms with Crippen LogP contribution in [0.25, 0.3) is 0 Å². The molecule has 8 heteroatoms. The zero-order valence-corrected chi connectivity index (χ0v) is 11.0. The summed E-state index contributed by atoms with van der Waals surface area (Å²) in [4.78, 5) is 35.9. The van der Waals surface area contributed by atoms with Gasteiger partial charge in [0.15, 0.2) is 0 Å². The van der Waals surface area contributed by atoms with E-state index in [4.69, 9.17) is 9.84 Å². The summed E-state index contributed by atoms with van der Waals surface area (Å²) in [7, 11) is 1.45. The number of carbonyl (C=O) groups excluding carboxylic acids is 1. The van der Waals surface area contributed by atoms with Gasteiger partial charge in [0.05, 0.1) is 25.7 Å². The largest absolute Gasteiger partial charge is 0.481 e. The molecule has 2 heterocycles. The highest BCUT2D eigenvalue weighted by Crippen LogP contribution is 2.13. The standard InChI is InChI=1S/C12H15N3O5/c1-14-10(16)3-2-9(13-14)12(19)15-4-5-20-7-8(15)6-11(17)18/h2-3,8H,4-7H2,1H3,(H,17,18). The van der Waals surface area contributed by atoms with Gasteiger partial charge in [-0.15, -0.1) is 0 Å². The predicted octanol–water partition coefficient (Wildman–Crippen LogP) is -0.904. The number of aliphatic carboxylic acids is 1. The SMILES string of the molecule is Cn1nc(C(=O)N2CCOCC2CC(=O)O)ccc1=O. The molecule has 0 radical (unpaired) electrons. The van der Waals surface area contributed by atoms with Gasteiger partial charge in [-0.3, -0.25) is 14.4 Å². The lowest BCUT2D eigenvalue weighted by Gasteiger charge is -2.34. The molecule has 0 aromatic carbocycles. The van der Waals surface area contributed by atoms with E-state index in [-0.39, 0.29) is 24.3 Å². The van der Waals surface area contributed by atoms with Gasteiger partial charge in [0.1, 0.15) is 5.69 Å². The monoisotopic (exact) mass is 281 g/mol. The van der Waals surface area contributed by atoms with Gasteiger partial charge in [-0.25, -0.2) is 4.68 Å². The van der Waals surface area contributed by atoms with E-state index >= 15 is 0 Å². The highest BCUT2D eigenvalue weighted by Gasteiger charge is 2.30. The van der Waals surface area contributed by atoms with E-state index in [0.717, 1.165) is 4.68 Å². The number of carbonyl (C=O) groups is 2. The van der Waals surface area contributed by atoms with E-state index in [2.05, 4.69) is 5.10 Å². The Hall–Kier alpha value is -2.22. The van der Waals surface area contributed by atoms with Crippen LogP contribution in [0.2, 0.25) is 0 Å². The highest BCUT2D eigenvalue weighted by molar-refractivity contribution is 5.92. The molecule has 0 aliphatic carbocycles. The second-order valence-corrected chi connectivity index (χ2v) is 4.51. The Labute approximate surface area is 114 Å². The maximum atomic E-state index is 12.4. The van der Waals surface area contributed by atoms with E-state index in [1.54, 1.807) is 0 Å². The average molecular weight is 281 g/mol. The zero-order chi connectivity index (χ0) is 14.7. The van der Waals surface area contributed by atoms with Crippen LogP contribution in [-0.4, -0.2) is 57.5 Å². The Balaban J connectivity index is 2.22. The molecule has 1 amide bonds. The quantitative estimate of drug-likeness (QED) is 0.770. The molecule has 1 aromatic rings. The van der Waals surface area contributed by atoms with Gasteiger partial charge in [0.2, 0.25) is 0 Å². The van der Waals surface area contributed by atoms with Gasteiger partial charge in [-0.05, 0) is 6.07 Å². The summed E-state index contributed by atoms with van der Waals surface area (Å²) in [5.41, 5.74) is -0.199. The van der Waals surface area contributed by atoms with Crippen LogP contribution in [0.15, 0.2) is 16.9 Å². The molecule has 108 valence electrons. The second kappa shape index (κ2) is 5.83. The Kier molecular flexibility index (Phi) is 4.14. The van der Waals surface area contributed by atoms with Crippen molar-refractivity contribution in [3.8, 4) is 0 Å². The first-order valence-corrected chi connectivity index (χ1v) is 6.14. The van der Waals surface area contributed by atoms with Gasteiger partial charge in [-0.1, -0.05) is 0 Å². The Morgan fingerprint density at radius 2 is 2.25 bits per heavy atom. The highest BCUT2D eigenvalue weighted by atomic mass is 16.5. The molecule has 1 atom stereocenters. The van der Waals surface area contributed by atoms with Gasteiger partial charge >= 0.3 is 5.97 Å². The molecule has 1 fully saturated rings. The number of rotatable bonds is 3. The molecule has 1 aromatic heterocycles. The van der Waals surface area contributed by atoms with E-state index in [1.807, 2.05) is 0 Å². The lowest BCUT2D eigenvalue weighted by molar-refractivity contribution is -0.139. The van der Waals surface area contributed by atoms with E-state index in [1.165, 1.54) is 24.1 Å². The number of hydrogen-bond donors (Lipinski definition) is 1. The Morgan fingerprint density at radius 1 is 1.50 bits per heavy atom. The van der Waals surface area contributed by atoms with Crippen LogP contribution >= 0.6 is 0 Å². The lowest BCUT2D eigenvalue weighted by atomic mass is 10.1. The lowest BCUT2D eigenvalue weighted by Crippen LogP contribution is -2.50. The van der Waals surface area contributed by atoms with Crippen molar-refractivity contribution in [2.24, 2.45) is 7.05 Å². The maximum absolute atomic E-state index is 12.4. The average Bonchev–Trinajstić information content (AvgIpc) is 2.41. The number of ether oxygens (including phenoxy) is 1. The van der Waals surface area contributed by atoms with Gasteiger partial charge in [0, 0.05) is 19.7 Å². The summed E-state index contributed by atoms with van der Waals surface area (Å²) >= 11 is 0. The van der Waals surface area contributed by atoms with Gasteiger partial charge < -0.3 is 14.7 Å². The topological polar surface area (TPSA) is 102 Å². The van der Waals surface area contributed by atoms with Crippen molar-refractivity contribution in [3.05, 3.63) is 28.2 Å². The Bertz CT molecular complexity index is 583. The summed E-state index contributed by atoms with van der Waals surface area (Å²) in [5.74, 6) is -1.39. The summed E-state index contributed by atoms with van der Waals surface area (Å²) in [5, 5.41) is 12.7. The fourth-order valence-corrected chi connectivity index (χ4v) is 2.06. The molecule has 1 saturated heterocycles. The van der Waals surface area contributed by atoms with Crippen molar-refractivity contribution >= 4 is 11.9 Å². The molecule has 1 N–H and O–H groups in total. The number of aryl methyl sites for hydroxylation is 1. The number of aromatic nitrogens is 2. The van der Waals surface area contributed by atoms with Crippen molar-refractivity contribution in [2.45, 2.75) is 12.5 Å². The van der Waals surface area contributed by atoms with Crippen LogP contribution in [0.4, 0.5) is 0 Å². The van der Waals surface area contributed by atoms with Crippen LogP contribution < -0.4 is 5.56 Å². The molecule has 0 bridgehead atoms. The first-order valence-electron chi connectivity index (χ1n) is 6.14. The van der Waals surface area contributed by atoms with E-state index < -0.39 is 17.9 Å². The number of hydrogen-bond acceptors (Lipinski definition) is 5. The zero-order valence-electron chi connectivity index (χ0n) is 11.0. The normalized spacial score (nSPS) is 18.9. The van der Waals surface area contributed by atoms with Gasteiger partial charge in [0.25, 0.3) is 11.5 Å². The smallest absolute Gasteiger partial charge is 0.305 e. The third kappa shape index (κ3) is 3.02. The molecule has 1 aliphatic rings. The van der Waals surface area contributed by atoms with Crippen molar-refractivity contribution in [2.75, 3.05) is 19.8 Å². The number of carboxylic acid groups (broad SMARTS) is 1.